The molecule has 0 spiro atoms. The molecule has 0 aliphatic heterocycles. The fraction of sp³-hybridized carbons (Fsp3) is 0.222. The van der Waals surface area contributed by atoms with E-state index in [1.807, 2.05) is 0 Å². The molecule has 0 saturated heterocycles. The molecule has 0 saturated carbocycles. The average molecular weight is 422 g/mol. The largest absolute Gasteiger partial charge is 0.318 e. The molecule has 3 rings (SSSR count). The molecule has 0 aliphatic rings. The van der Waals surface area contributed by atoms with Crippen LogP contribution in [0.25, 0.3) is 11.4 Å². The van der Waals surface area contributed by atoms with Crippen LogP contribution in [0.3, 0.4) is 0 Å². The number of aromatic nitrogens is 2. The van der Waals surface area contributed by atoms with Gasteiger partial charge in [-0.15, -0.1) is 0 Å². The highest BCUT2D eigenvalue weighted by Crippen LogP contribution is 2.35. The van der Waals surface area contributed by atoms with Crippen molar-refractivity contribution in [3.05, 3.63) is 68.1 Å². The SMILES string of the molecule is Cc1ccc(C)n1-c1cc(Br)c(-n2c(C)ccc2C)c(Br)c1. The number of benzene rings is 1. The van der Waals surface area contributed by atoms with Gasteiger partial charge in [-0.2, -0.15) is 0 Å². The van der Waals surface area contributed by atoms with E-state index in [0.717, 1.165) is 20.3 Å². The van der Waals surface area contributed by atoms with Gasteiger partial charge in [-0.3, -0.25) is 0 Å². The Morgan fingerprint density at radius 3 is 1.41 bits per heavy atom. The molecule has 3 aromatic rings. The molecule has 0 fully saturated rings. The number of halogens is 2. The first-order valence-electron chi connectivity index (χ1n) is 7.20. The van der Waals surface area contributed by atoms with Gasteiger partial charge in [0.25, 0.3) is 0 Å². The molecule has 0 N–H and O–H groups in total. The quantitative estimate of drug-likeness (QED) is 0.478. The molecule has 0 amide bonds. The number of hydrogen-bond donors (Lipinski definition) is 0. The second-order valence-corrected chi connectivity index (χ2v) is 7.37. The summed E-state index contributed by atoms with van der Waals surface area (Å²) in [7, 11) is 0. The van der Waals surface area contributed by atoms with E-state index in [-0.39, 0.29) is 0 Å². The van der Waals surface area contributed by atoms with Crippen LogP contribution >= 0.6 is 31.9 Å². The first-order valence-corrected chi connectivity index (χ1v) is 8.78. The smallest absolute Gasteiger partial charge is 0.0741 e. The Kier molecular flexibility index (Phi) is 4.08. The van der Waals surface area contributed by atoms with E-state index < -0.39 is 0 Å². The molecular weight excluding hydrogens is 404 g/mol. The van der Waals surface area contributed by atoms with Crippen LogP contribution in [0.2, 0.25) is 0 Å². The molecule has 0 aliphatic carbocycles. The molecule has 22 heavy (non-hydrogen) atoms. The summed E-state index contributed by atoms with van der Waals surface area (Å²) in [6, 6.07) is 12.9. The summed E-state index contributed by atoms with van der Waals surface area (Å²) >= 11 is 7.52. The number of nitrogens with zero attached hydrogens (tertiary/aromatic N) is 2. The average Bonchev–Trinajstić information content (AvgIpc) is 2.94. The third-order valence-corrected chi connectivity index (χ3v) is 5.23. The van der Waals surface area contributed by atoms with E-state index in [4.69, 9.17) is 0 Å². The molecule has 1 aromatic carbocycles. The van der Waals surface area contributed by atoms with Crippen molar-refractivity contribution in [2.24, 2.45) is 0 Å². The Morgan fingerprint density at radius 1 is 0.636 bits per heavy atom. The molecule has 2 nitrogen and oxygen atoms in total. The fourth-order valence-corrected chi connectivity index (χ4v) is 4.51. The Labute approximate surface area is 148 Å². The van der Waals surface area contributed by atoms with Crippen molar-refractivity contribution >= 4 is 31.9 Å². The maximum Gasteiger partial charge on any atom is 0.0741 e. The van der Waals surface area contributed by atoms with E-state index in [1.165, 1.54) is 22.8 Å². The molecule has 2 aromatic heterocycles. The third-order valence-electron chi connectivity index (χ3n) is 4.03. The molecule has 2 heterocycles. The van der Waals surface area contributed by atoms with Crippen LogP contribution < -0.4 is 0 Å². The molecule has 114 valence electrons. The van der Waals surface area contributed by atoms with Gasteiger partial charge < -0.3 is 9.13 Å². The Morgan fingerprint density at radius 2 is 1.00 bits per heavy atom. The number of rotatable bonds is 2. The highest BCUT2D eigenvalue weighted by molar-refractivity contribution is 9.11. The highest BCUT2D eigenvalue weighted by Gasteiger charge is 2.15. The minimum atomic E-state index is 1.08. The lowest BCUT2D eigenvalue weighted by Gasteiger charge is -2.17. The van der Waals surface area contributed by atoms with Crippen molar-refractivity contribution in [1.29, 1.82) is 0 Å². The topological polar surface area (TPSA) is 9.86 Å². The standard InChI is InChI=1S/C18H18Br2N2/c1-11-5-6-12(2)21(11)15-9-16(19)18(17(20)10-15)22-13(3)7-8-14(22)4/h5-10H,1-4H3. The summed E-state index contributed by atoms with van der Waals surface area (Å²) < 4.78 is 6.67. The fourth-order valence-electron chi connectivity index (χ4n) is 2.99. The van der Waals surface area contributed by atoms with E-state index >= 15 is 0 Å². The summed E-state index contributed by atoms with van der Waals surface area (Å²) in [5.74, 6) is 0. The van der Waals surface area contributed by atoms with Gasteiger partial charge in [-0.1, -0.05) is 0 Å². The Bertz CT molecular complexity index is 794. The predicted octanol–water partition coefficient (Wildman–Crippen LogP) is 6.03. The van der Waals surface area contributed by atoms with Gasteiger partial charge in [0, 0.05) is 37.4 Å². The van der Waals surface area contributed by atoms with Crippen molar-refractivity contribution in [3.8, 4) is 11.4 Å². The zero-order chi connectivity index (χ0) is 16.0. The summed E-state index contributed by atoms with van der Waals surface area (Å²) in [5, 5.41) is 0. The number of aryl methyl sites for hydroxylation is 4. The minimum Gasteiger partial charge on any atom is -0.318 e. The van der Waals surface area contributed by atoms with E-state index in [0.29, 0.717) is 0 Å². The summed E-state index contributed by atoms with van der Waals surface area (Å²) in [6.45, 7) is 8.51. The molecule has 4 heteroatoms. The van der Waals surface area contributed by atoms with Crippen LogP contribution in [0.1, 0.15) is 22.8 Å². The van der Waals surface area contributed by atoms with Crippen molar-refractivity contribution in [1.82, 2.24) is 9.13 Å². The second kappa shape index (κ2) is 5.74. The van der Waals surface area contributed by atoms with Crippen molar-refractivity contribution in [2.75, 3.05) is 0 Å². The van der Waals surface area contributed by atoms with Crippen molar-refractivity contribution in [2.45, 2.75) is 27.7 Å². The Balaban J connectivity index is 2.22. The van der Waals surface area contributed by atoms with Crippen LogP contribution in [0.15, 0.2) is 45.3 Å². The van der Waals surface area contributed by atoms with Gasteiger partial charge in [-0.05, 0) is 96.0 Å². The van der Waals surface area contributed by atoms with Gasteiger partial charge in [0.2, 0.25) is 0 Å². The van der Waals surface area contributed by atoms with Crippen LogP contribution in [0, 0.1) is 27.7 Å². The maximum atomic E-state index is 3.76. The minimum absolute atomic E-state index is 1.08. The van der Waals surface area contributed by atoms with Gasteiger partial charge in [-0.25, -0.2) is 0 Å². The van der Waals surface area contributed by atoms with Gasteiger partial charge in [0.05, 0.1) is 5.69 Å². The lowest BCUT2D eigenvalue weighted by Crippen LogP contribution is -2.04. The highest BCUT2D eigenvalue weighted by atomic mass is 79.9. The zero-order valence-electron chi connectivity index (χ0n) is 13.1. The van der Waals surface area contributed by atoms with Crippen molar-refractivity contribution < 1.29 is 0 Å². The first-order chi connectivity index (χ1) is 10.4. The van der Waals surface area contributed by atoms with Gasteiger partial charge in [0.15, 0.2) is 0 Å². The van der Waals surface area contributed by atoms with Gasteiger partial charge >= 0.3 is 0 Å². The number of hydrogen-bond acceptors (Lipinski definition) is 0. The predicted molar refractivity (Wildman–Crippen MR) is 99.4 cm³/mol. The Hall–Kier alpha value is -1.26. The van der Waals surface area contributed by atoms with Crippen LogP contribution in [0.4, 0.5) is 0 Å². The van der Waals surface area contributed by atoms with Crippen LogP contribution in [-0.2, 0) is 0 Å². The van der Waals surface area contributed by atoms with E-state index in [2.05, 4.69) is 105 Å². The third kappa shape index (κ3) is 2.48. The zero-order valence-corrected chi connectivity index (χ0v) is 16.3. The lowest BCUT2D eigenvalue weighted by atomic mass is 10.2. The molecule has 0 bridgehead atoms. The molecular formula is C18H18Br2N2. The first kappa shape index (κ1) is 15.6. The summed E-state index contributed by atoms with van der Waals surface area (Å²) in [5.41, 5.74) is 7.21. The normalized spacial score (nSPS) is 11.2. The summed E-state index contributed by atoms with van der Waals surface area (Å²) in [4.78, 5) is 0. The maximum absolute atomic E-state index is 3.76. The van der Waals surface area contributed by atoms with Crippen LogP contribution in [-0.4, -0.2) is 9.13 Å². The molecule has 0 atom stereocenters. The lowest BCUT2D eigenvalue weighted by molar-refractivity contribution is 0.936. The molecule has 0 unspecified atom stereocenters. The van der Waals surface area contributed by atoms with Crippen LogP contribution in [0.5, 0.6) is 0 Å². The van der Waals surface area contributed by atoms with Gasteiger partial charge in [0.1, 0.15) is 0 Å². The van der Waals surface area contributed by atoms with E-state index in [1.54, 1.807) is 0 Å². The van der Waals surface area contributed by atoms with E-state index in [9.17, 15) is 0 Å². The van der Waals surface area contributed by atoms with Crippen molar-refractivity contribution in [3.63, 3.8) is 0 Å². The summed E-state index contributed by atoms with van der Waals surface area (Å²) in [6.07, 6.45) is 0. The monoisotopic (exact) mass is 420 g/mol. The molecule has 0 radical (unpaired) electrons. The second-order valence-electron chi connectivity index (χ2n) is 5.66.